The Morgan fingerprint density at radius 2 is 2.09 bits per heavy atom. The van der Waals surface area contributed by atoms with Crippen LogP contribution in [0.3, 0.4) is 0 Å². The Morgan fingerprint density at radius 1 is 1.27 bits per heavy atom. The molecule has 0 bridgehead atoms. The number of nitrogens with zero attached hydrogens (tertiary/aromatic N) is 1. The summed E-state index contributed by atoms with van der Waals surface area (Å²) in [5, 5.41) is 6.74. The van der Waals surface area contributed by atoms with Crippen molar-refractivity contribution in [3.63, 3.8) is 0 Å². The molecule has 5 nitrogen and oxygen atoms in total. The van der Waals surface area contributed by atoms with Crippen LogP contribution in [0.25, 0.3) is 0 Å². The van der Waals surface area contributed by atoms with Crippen LogP contribution in [0.15, 0.2) is 18.2 Å². The van der Waals surface area contributed by atoms with Crippen LogP contribution in [0.4, 0.5) is 4.79 Å². The van der Waals surface area contributed by atoms with Gasteiger partial charge in [-0.15, -0.1) is 0 Å². The van der Waals surface area contributed by atoms with Crippen LogP contribution in [0, 0.1) is 0 Å². The maximum Gasteiger partial charge on any atom is 0.317 e. The third-order valence-electron chi connectivity index (χ3n) is 4.39. The lowest BCUT2D eigenvalue weighted by molar-refractivity contribution is -0.119. The standard InChI is InChI=1S/C16H20ClN3O2/c1-10(21)18-11-7-8-20(9-11)16(22)19-15-6-5-12-13(15)3-2-4-14(12)17/h2-4,11,15H,5-9H2,1H3,(H,18,21)(H,19,22). The van der Waals surface area contributed by atoms with Crippen molar-refractivity contribution in [1.29, 1.82) is 0 Å². The average Bonchev–Trinajstić information content (AvgIpc) is 3.07. The Balaban J connectivity index is 1.60. The van der Waals surface area contributed by atoms with Gasteiger partial charge in [-0.25, -0.2) is 4.79 Å². The molecule has 1 fully saturated rings. The molecule has 22 heavy (non-hydrogen) atoms. The maximum atomic E-state index is 12.4. The molecule has 1 aromatic carbocycles. The quantitative estimate of drug-likeness (QED) is 0.877. The molecule has 1 saturated heterocycles. The Bertz CT molecular complexity index is 605. The molecule has 0 spiro atoms. The first kappa shape index (κ1) is 15.2. The lowest BCUT2D eigenvalue weighted by Crippen LogP contribution is -2.42. The van der Waals surface area contributed by atoms with Gasteiger partial charge in [0.25, 0.3) is 0 Å². The number of carbonyl (C=O) groups excluding carboxylic acids is 2. The van der Waals surface area contributed by atoms with Crippen LogP contribution in [0.1, 0.15) is 36.9 Å². The largest absolute Gasteiger partial charge is 0.352 e. The van der Waals surface area contributed by atoms with Crippen molar-refractivity contribution >= 4 is 23.5 Å². The zero-order chi connectivity index (χ0) is 15.7. The van der Waals surface area contributed by atoms with Gasteiger partial charge < -0.3 is 15.5 Å². The summed E-state index contributed by atoms with van der Waals surface area (Å²) in [7, 11) is 0. The molecule has 118 valence electrons. The van der Waals surface area contributed by atoms with E-state index in [4.69, 9.17) is 11.6 Å². The summed E-state index contributed by atoms with van der Waals surface area (Å²) in [6.45, 7) is 2.74. The molecule has 1 heterocycles. The monoisotopic (exact) mass is 321 g/mol. The molecular formula is C16H20ClN3O2. The predicted octanol–water partition coefficient (Wildman–Crippen LogP) is 2.25. The summed E-state index contributed by atoms with van der Waals surface area (Å²) in [5.41, 5.74) is 2.27. The summed E-state index contributed by atoms with van der Waals surface area (Å²) in [4.78, 5) is 25.2. The Labute approximate surface area is 135 Å². The number of amides is 3. The second-order valence-electron chi connectivity index (χ2n) is 5.98. The number of rotatable bonds is 2. The SMILES string of the molecule is CC(=O)NC1CCN(C(=O)NC2CCc3c(Cl)cccc32)C1. The molecule has 2 atom stereocenters. The molecule has 0 radical (unpaired) electrons. The first-order valence-corrected chi connectivity index (χ1v) is 8.02. The molecule has 3 amide bonds. The highest BCUT2D eigenvalue weighted by molar-refractivity contribution is 6.31. The minimum Gasteiger partial charge on any atom is -0.352 e. The molecule has 0 aromatic heterocycles. The fourth-order valence-corrected chi connectivity index (χ4v) is 3.63. The van der Waals surface area contributed by atoms with E-state index in [-0.39, 0.29) is 24.0 Å². The van der Waals surface area contributed by atoms with Crippen LogP contribution in [0.5, 0.6) is 0 Å². The third-order valence-corrected chi connectivity index (χ3v) is 4.75. The number of carbonyl (C=O) groups is 2. The van der Waals surface area contributed by atoms with Gasteiger partial charge in [-0.3, -0.25) is 4.79 Å². The summed E-state index contributed by atoms with van der Waals surface area (Å²) in [5.74, 6) is -0.0494. The minimum absolute atomic E-state index is 0.0287. The van der Waals surface area contributed by atoms with Gasteiger partial charge in [-0.05, 0) is 36.5 Å². The fraction of sp³-hybridized carbons (Fsp3) is 0.500. The van der Waals surface area contributed by atoms with Gasteiger partial charge in [0.05, 0.1) is 6.04 Å². The number of halogens is 1. The molecule has 6 heteroatoms. The Morgan fingerprint density at radius 3 is 2.86 bits per heavy atom. The van der Waals surface area contributed by atoms with E-state index in [1.165, 1.54) is 6.92 Å². The predicted molar refractivity (Wildman–Crippen MR) is 84.8 cm³/mol. The molecule has 1 aromatic rings. The van der Waals surface area contributed by atoms with Crippen molar-refractivity contribution < 1.29 is 9.59 Å². The van der Waals surface area contributed by atoms with Crippen LogP contribution < -0.4 is 10.6 Å². The molecule has 1 aliphatic heterocycles. The van der Waals surface area contributed by atoms with Crippen LogP contribution in [0.2, 0.25) is 5.02 Å². The molecular weight excluding hydrogens is 302 g/mol. The summed E-state index contributed by atoms with van der Waals surface area (Å²) >= 11 is 6.20. The number of nitrogens with one attached hydrogen (secondary N) is 2. The third kappa shape index (κ3) is 3.04. The molecule has 2 unspecified atom stereocenters. The Hall–Kier alpha value is -1.75. The zero-order valence-corrected chi connectivity index (χ0v) is 13.3. The van der Waals surface area contributed by atoms with E-state index in [1.54, 1.807) is 4.90 Å². The lowest BCUT2D eigenvalue weighted by atomic mass is 10.1. The zero-order valence-electron chi connectivity index (χ0n) is 12.6. The number of hydrogen-bond donors (Lipinski definition) is 2. The van der Waals surface area contributed by atoms with Gasteiger partial charge in [-0.2, -0.15) is 0 Å². The van der Waals surface area contributed by atoms with E-state index in [1.807, 2.05) is 18.2 Å². The molecule has 0 saturated carbocycles. The van der Waals surface area contributed by atoms with Crippen LogP contribution >= 0.6 is 11.6 Å². The highest BCUT2D eigenvalue weighted by atomic mass is 35.5. The van der Waals surface area contributed by atoms with E-state index >= 15 is 0 Å². The molecule has 1 aliphatic carbocycles. The van der Waals surface area contributed by atoms with Crippen molar-refractivity contribution in [2.45, 2.75) is 38.3 Å². The highest BCUT2D eigenvalue weighted by Crippen LogP contribution is 2.35. The fourth-order valence-electron chi connectivity index (χ4n) is 3.35. The summed E-state index contributed by atoms with van der Waals surface area (Å²) in [6, 6.07) is 5.88. The Kier molecular flexibility index (Phi) is 4.25. The van der Waals surface area contributed by atoms with E-state index in [9.17, 15) is 9.59 Å². The first-order valence-electron chi connectivity index (χ1n) is 7.64. The normalized spacial score (nSPS) is 23.3. The van der Waals surface area contributed by atoms with E-state index in [2.05, 4.69) is 10.6 Å². The van der Waals surface area contributed by atoms with Crippen molar-refractivity contribution in [3.8, 4) is 0 Å². The molecule has 2 aliphatic rings. The summed E-state index contributed by atoms with van der Waals surface area (Å²) < 4.78 is 0. The van der Waals surface area contributed by atoms with E-state index < -0.39 is 0 Å². The number of urea groups is 1. The van der Waals surface area contributed by atoms with Gasteiger partial charge >= 0.3 is 6.03 Å². The number of likely N-dealkylation sites (tertiary alicyclic amines) is 1. The highest BCUT2D eigenvalue weighted by Gasteiger charge is 2.30. The smallest absolute Gasteiger partial charge is 0.317 e. The van der Waals surface area contributed by atoms with Crippen molar-refractivity contribution in [3.05, 3.63) is 34.3 Å². The van der Waals surface area contributed by atoms with Crippen molar-refractivity contribution in [2.24, 2.45) is 0 Å². The van der Waals surface area contributed by atoms with Crippen molar-refractivity contribution in [1.82, 2.24) is 15.5 Å². The molecule has 3 rings (SSSR count). The summed E-state index contributed by atoms with van der Waals surface area (Å²) in [6.07, 6.45) is 2.59. The van der Waals surface area contributed by atoms with Crippen LogP contribution in [-0.4, -0.2) is 36.0 Å². The second-order valence-corrected chi connectivity index (χ2v) is 6.39. The number of benzene rings is 1. The van der Waals surface area contributed by atoms with E-state index in [0.29, 0.717) is 13.1 Å². The van der Waals surface area contributed by atoms with Gasteiger partial charge in [0.1, 0.15) is 0 Å². The van der Waals surface area contributed by atoms with Gasteiger partial charge in [0.2, 0.25) is 5.91 Å². The topological polar surface area (TPSA) is 61.4 Å². The number of hydrogen-bond acceptors (Lipinski definition) is 2. The van der Waals surface area contributed by atoms with E-state index in [0.717, 1.165) is 35.4 Å². The van der Waals surface area contributed by atoms with Gasteiger partial charge in [0, 0.05) is 31.1 Å². The maximum absolute atomic E-state index is 12.4. The van der Waals surface area contributed by atoms with Gasteiger partial charge in [0.15, 0.2) is 0 Å². The van der Waals surface area contributed by atoms with Gasteiger partial charge in [-0.1, -0.05) is 23.7 Å². The van der Waals surface area contributed by atoms with Crippen molar-refractivity contribution in [2.75, 3.05) is 13.1 Å². The lowest BCUT2D eigenvalue weighted by Gasteiger charge is -2.21. The first-order chi connectivity index (χ1) is 10.5. The second kappa shape index (κ2) is 6.16. The average molecular weight is 322 g/mol. The minimum atomic E-state index is -0.0642. The molecule has 2 N–H and O–H groups in total. The van der Waals surface area contributed by atoms with Crippen LogP contribution in [-0.2, 0) is 11.2 Å². The number of fused-ring (bicyclic) bond motifs is 1.